The van der Waals surface area contributed by atoms with Gasteiger partial charge in [-0.25, -0.2) is 9.97 Å². The summed E-state index contributed by atoms with van der Waals surface area (Å²) in [6.45, 7) is -0.240. The number of benzene rings is 1. The first-order chi connectivity index (χ1) is 16.0. The van der Waals surface area contributed by atoms with Gasteiger partial charge in [0.05, 0.1) is 30.4 Å². The number of nitrogens with one attached hydrogen (secondary N) is 1. The first kappa shape index (κ1) is 25.9. The normalized spacial score (nSPS) is 27.6. The van der Waals surface area contributed by atoms with E-state index in [0.29, 0.717) is 24.2 Å². The first-order valence-electron chi connectivity index (χ1n) is 11.1. The van der Waals surface area contributed by atoms with Gasteiger partial charge in [-0.2, -0.15) is 0 Å². The van der Waals surface area contributed by atoms with Gasteiger partial charge in [-0.15, -0.1) is 0 Å². The van der Waals surface area contributed by atoms with Crippen molar-refractivity contribution in [1.82, 2.24) is 9.97 Å². The van der Waals surface area contributed by atoms with E-state index in [1.54, 1.807) is 0 Å². The summed E-state index contributed by atoms with van der Waals surface area (Å²) in [7, 11) is -9.09. The molecule has 0 amide bonds. The molecule has 2 fully saturated rings. The number of fused-ring (bicyclic) bond motifs is 1. The van der Waals surface area contributed by atoms with Gasteiger partial charge >= 0.3 is 15.2 Å². The Morgan fingerprint density at radius 2 is 1.82 bits per heavy atom. The number of aliphatic hydroxyl groups is 1. The van der Waals surface area contributed by atoms with E-state index in [9.17, 15) is 19.1 Å². The quantitative estimate of drug-likeness (QED) is 0.247. The van der Waals surface area contributed by atoms with Crippen LogP contribution in [0.1, 0.15) is 50.2 Å². The van der Waals surface area contributed by atoms with Crippen LogP contribution in [0.25, 0.3) is 10.9 Å². The predicted octanol–water partition coefficient (Wildman–Crippen LogP) is 3.56. The third kappa shape index (κ3) is 6.97. The third-order valence-corrected chi connectivity index (χ3v) is 9.66. The number of hydrogen-bond acceptors (Lipinski definition) is 8. The molecule has 5 N–H and O–H groups in total. The van der Waals surface area contributed by atoms with E-state index in [1.807, 2.05) is 18.2 Å². The lowest BCUT2D eigenvalue weighted by Crippen LogP contribution is -2.28. The molecule has 1 unspecified atom stereocenters. The maximum Gasteiger partial charge on any atom is 0.340 e. The zero-order valence-electron chi connectivity index (χ0n) is 18.3. The van der Waals surface area contributed by atoms with Crippen LogP contribution in [0.2, 0.25) is 5.28 Å². The average molecular weight is 536 g/mol. The molecule has 34 heavy (non-hydrogen) atoms. The summed E-state index contributed by atoms with van der Waals surface area (Å²) in [5, 5.41) is 14.1. The highest BCUT2D eigenvalue weighted by Gasteiger charge is 2.34. The van der Waals surface area contributed by atoms with Crippen molar-refractivity contribution in [1.29, 1.82) is 0 Å². The molecule has 14 heteroatoms. The first-order valence-corrected chi connectivity index (χ1v) is 15.0. The average Bonchev–Trinajstić information content (AvgIpc) is 3.21. The van der Waals surface area contributed by atoms with Gasteiger partial charge in [0.25, 0.3) is 0 Å². The lowest BCUT2D eigenvalue weighted by atomic mass is 9.93. The van der Waals surface area contributed by atoms with Crippen LogP contribution in [0.4, 0.5) is 5.82 Å². The summed E-state index contributed by atoms with van der Waals surface area (Å²) in [5.74, 6) is -0.579. The number of aliphatic hydroxyl groups excluding tert-OH is 1. The molecule has 1 aromatic heterocycles. The number of hydrogen-bond donors (Lipinski definition) is 5. The van der Waals surface area contributed by atoms with Gasteiger partial charge in [-0.05, 0) is 67.8 Å². The SMILES string of the molecule is O=P(O)(O)CP(=O)(O)OC[C@@H]1CC[C@H](c2ccc3c(NC4CCC(O)CC4)nc(Cl)nc3c2)O1. The van der Waals surface area contributed by atoms with Crippen LogP contribution in [0, 0.1) is 0 Å². The Morgan fingerprint density at radius 3 is 2.53 bits per heavy atom. The largest absolute Gasteiger partial charge is 0.393 e. The molecular weight excluding hydrogens is 508 g/mol. The molecule has 2 aromatic rings. The summed E-state index contributed by atoms with van der Waals surface area (Å²) in [6.07, 6.45) is 3.36. The van der Waals surface area contributed by atoms with Crippen molar-refractivity contribution in [3.8, 4) is 0 Å². The molecule has 1 aromatic carbocycles. The second-order valence-corrected chi connectivity index (χ2v) is 13.2. The third-order valence-electron chi connectivity index (χ3n) is 6.04. The second-order valence-electron chi connectivity index (χ2n) is 8.83. The van der Waals surface area contributed by atoms with Crippen LogP contribution in [-0.4, -0.2) is 60.5 Å². The molecule has 0 radical (unpaired) electrons. The monoisotopic (exact) mass is 535 g/mol. The van der Waals surface area contributed by atoms with Crippen LogP contribution in [0.3, 0.4) is 0 Å². The Balaban J connectivity index is 1.42. The maximum atomic E-state index is 11.8. The highest BCUT2D eigenvalue weighted by Crippen LogP contribution is 2.55. The standard InChI is InChI=1S/C20H28ClN3O8P2/c21-20-23-17-9-12(1-7-16(17)19(24-20)22-13-2-4-14(25)5-3-13)18-8-6-15(32-18)10-31-34(29,30)11-33(26,27)28/h1,7,9,13-15,18,25H,2-6,8,10-11H2,(H,29,30)(H,22,23,24)(H2,26,27,28)/t13?,14?,15-,18+/m0/s1. The minimum absolute atomic E-state index is 0.116. The molecule has 188 valence electrons. The molecule has 1 aliphatic heterocycles. The number of ether oxygens (including phenoxy) is 1. The van der Waals surface area contributed by atoms with E-state index in [2.05, 4.69) is 15.3 Å². The van der Waals surface area contributed by atoms with E-state index < -0.39 is 27.2 Å². The van der Waals surface area contributed by atoms with Crippen LogP contribution >= 0.6 is 26.8 Å². The van der Waals surface area contributed by atoms with Crippen molar-refractivity contribution in [2.45, 2.75) is 62.9 Å². The fourth-order valence-corrected chi connectivity index (χ4v) is 7.15. The molecular formula is C20H28ClN3O8P2. The van der Waals surface area contributed by atoms with Crippen molar-refractivity contribution in [3.05, 3.63) is 29.0 Å². The minimum Gasteiger partial charge on any atom is -0.393 e. The molecule has 4 rings (SSSR count). The number of rotatable bonds is 8. The second kappa shape index (κ2) is 10.5. The van der Waals surface area contributed by atoms with Gasteiger partial charge in [-0.1, -0.05) is 6.07 Å². The Bertz CT molecular complexity index is 1120. The van der Waals surface area contributed by atoms with Gasteiger partial charge in [0, 0.05) is 11.4 Å². The minimum atomic E-state index is -4.67. The number of nitrogens with zero attached hydrogens (tertiary/aromatic N) is 2. The van der Waals surface area contributed by atoms with E-state index in [0.717, 1.165) is 36.6 Å². The summed E-state index contributed by atoms with van der Waals surface area (Å²) < 4.78 is 33.7. The van der Waals surface area contributed by atoms with Crippen molar-refractivity contribution >= 4 is 43.5 Å². The lowest BCUT2D eigenvalue weighted by Gasteiger charge is -2.27. The fraction of sp³-hybridized carbons (Fsp3) is 0.600. The maximum absolute atomic E-state index is 11.8. The molecule has 0 bridgehead atoms. The van der Waals surface area contributed by atoms with Crippen molar-refractivity contribution < 1.29 is 38.2 Å². The molecule has 0 spiro atoms. The number of anilines is 1. The summed E-state index contributed by atoms with van der Waals surface area (Å²) in [5.41, 5.74) is 1.51. The van der Waals surface area contributed by atoms with Gasteiger partial charge in [0.1, 0.15) is 5.82 Å². The van der Waals surface area contributed by atoms with Gasteiger partial charge in [0.15, 0.2) is 5.90 Å². The molecule has 1 saturated heterocycles. The van der Waals surface area contributed by atoms with E-state index >= 15 is 0 Å². The van der Waals surface area contributed by atoms with E-state index in [-0.39, 0.29) is 30.1 Å². The fourth-order valence-electron chi connectivity index (χ4n) is 4.39. The smallest absolute Gasteiger partial charge is 0.340 e. The Hall–Kier alpha value is -1.13. The van der Waals surface area contributed by atoms with Crippen LogP contribution in [-0.2, 0) is 18.4 Å². The van der Waals surface area contributed by atoms with Gasteiger partial charge in [-0.3, -0.25) is 9.13 Å². The van der Waals surface area contributed by atoms with Gasteiger partial charge < -0.3 is 34.4 Å². The molecule has 2 aliphatic rings. The predicted molar refractivity (Wildman–Crippen MR) is 126 cm³/mol. The zero-order valence-corrected chi connectivity index (χ0v) is 20.8. The topological polar surface area (TPSA) is 171 Å². The molecule has 1 saturated carbocycles. The summed E-state index contributed by atoms with van der Waals surface area (Å²) >= 11 is 6.17. The molecule has 3 atom stereocenters. The number of aromatic nitrogens is 2. The van der Waals surface area contributed by atoms with Crippen molar-refractivity contribution in [3.63, 3.8) is 0 Å². The molecule has 2 heterocycles. The Labute approximate surface area is 201 Å². The Morgan fingerprint density at radius 1 is 1.09 bits per heavy atom. The molecule has 11 nitrogen and oxygen atoms in total. The highest BCUT2D eigenvalue weighted by atomic mass is 35.5. The summed E-state index contributed by atoms with van der Waals surface area (Å²) in [4.78, 5) is 36.1. The van der Waals surface area contributed by atoms with Crippen LogP contribution in [0.15, 0.2) is 18.2 Å². The van der Waals surface area contributed by atoms with Crippen molar-refractivity contribution in [2.75, 3.05) is 17.8 Å². The molecule has 1 aliphatic carbocycles. The number of halogens is 1. The highest BCUT2D eigenvalue weighted by molar-refractivity contribution is 7.70. The van der Waals surface area contributed by atoms with E-state index in [4.69, 9.17) is 30.6 Å². The Kier molecular flexibility index (Phi) is 7.99. The lowest BCUT2D eigenvalue weighted by molar-refractivity contribution is 0.0150. The summed E-state index contributed by atoms with van der Waals surface area (Å²) in [6, 6.07) is 5.88. The van der Waals surface area contributed by atoms with E-state index in [1.165, 1.54) is 0 Å². The van der Waals surface area contributed by atoms with Crippen LogP contribution < -0.4 is 5.32 Å². The van der Waals surface area contributed by atoms with Gasteiger partial charge in [0.2, 0.25) is 5.28 Å². The van der Waals surface area contributed by atoms with Crippen molar-refractivity contribution in [2.24, 2.45) is 0 Å². The van der Waals surface area contributed by atoms with Crippen LogP contribution in [0.5, 0.6) is 0 Å². The zero-order chi connectivity index (χ0) is 24.5.